The van der Waals surface area contributed by atoms with Crippen molar-refractivity contribution in [2.75, 3.05) is 32.0 Å². The van der Waals surface area contributed by atoms with Gasteiger partial charge in [0.2, 0.25) is 10.0 Å². The van der Waals surface area contributed by atoms with Gasteiger partial charge in [-0.1, -0.05) is 29.8 Å². The third-order valence-electron chi connectivity index (χ3n) is 5.23. The molecule has 6 nitrogen and oxygen atoms in total. The number of amides is 1. The average Bonchev–Trinajstić information content (AvgIpc) is 2.74. The fourth-order valence-electron chi connectivity index (χ4n) is 3.34. The molecule has 1 heterocycles. The standard InChI is InChI=1S/C21H26ClN3O3S/c1-3-24(2)21(26)16-7-6-8-18(15-16)29(27,28)25-13-11-17(12-14-25)23-20-10-5-4-9-19(20)22/h4-10,15,17,23H,3,11-14H2,1-2H3. The number of halogens is 1. The van der Waals surface area contributed by atoms with E-state index < -0.39 is 10.0 Å². The zero-order valence-corrected chi connectivity index (χ0v) is 18.2. The van der Waals surface area contributed by atoms with Crippen molar-refractivity contribution in [1.29, 1.82) is 0 Å². The average molecular weight is 436 g/mol. The summed E-state index contributed by atoms with van der Waals surface area (Å²) in [5.41, 5.74) is 1.24. The topological polar surface area (TPSA) is 69.7 Å². The van der Waals surface area contributed by atoms with Crippen molar-refractivity contribution in [2.24, 2.45) is 0 Å². The number of sulfonamides is 1. The maximum absolute atomic E-state index is 13.1. The SMILES string of the molecule is CCN(C)C(=O)c1cccc(S(=O)(=O)N2CCC(Nc3ccccc3Cl)CC2)c1. The molecule has 29 heavy (non-hydrogen) atoms. The lowest BCUT2D eigenvalue weighted by molar-refractivity contribution is 0.0802. The molecule has 0 aliphatic carbocycles. The minimum absolute atomic E-state index is 0.158. The lowest BCUT2D eigenvalue weighted by Gasteiger charge is -2.32. The summed E-state index contributed by atoms with van der Waals surface area (Å²) in [4.78, 5) is 14.1. The van der Waals surface area contributed by atoms with Gasteiger partial charge in [0.15, 0.2) is 0 Å². The number of hydrogen-bond acceptors (Lipinski definition) is 4. The maximum Gasteiger partial charge on any atom is 0.253 e. The van der Waals surface area contributed by atoms with Gasteiger partial charge in [-0.3, -0.25) is 4.79 Å². The van der Waals surface area contributed by atoms with Crippen LogP contribution in [0.25, 0.3) is 0 Å². The minimum Gasteiger partial charge on any atom is -0.381 e. The summed E-state index contributed by atoms with van der Waals surface area (Å²) in [6.45, 7) is 3.26. The molecule has 1 N–H and O–H groups in total. The summed E-state index contributed by atoms with van der Waals surface area (Å²) in [6, 6.07) is 14.0. The molecule has 0 saturated carbocycles. The van der Waals surface area contributed by atoms with E-state index in [-0.39, 0.29) is 16.8 Å². The van der Waals surface area contributed by atoms with Crippen molar-refractivity contribution in [3.63, 3.8) is 0 Å². The van der Waals surface area contributed by atoms with Crippen molar-refractivity contribution in [2.45, 2.75) is 30.7 Å². The number of rotatable bonds is 6. The molecule has 0 unspecified atom stereocenters. The van der Waals surface area contributed by atoms with E-state index in [4.69, 9.17) is 11.6 Å². The molecule has 1 saturated heterocycles. The van der Waals surface area contributed by atoms with Crippen LogP contribution in [0.3, 0.4) is 0 Å². The van der Waals surface area contributed by atoms with E-state index in [1.807, 2.05) is 31.2 Å². The number of nitrogens with one attached hydrogen (secondary N) is 1. The van der Waals surface area contributed by atoms with Crippen molar-refractivity contribution in [3.05, 3.63) is 59.1 Å². The summed E-state index contributed by atoms with van der Waals surface area (Å²) in [7, 11) is -1.95. The number of para-hydroxylation sites is 1. The van der Waals surface area contributed by atoms with Gasteiger partial charge in [0.1, 0.15) is 0 Å². The maximum atomic E-state index is 13.1. The highest BCUT2D eigenvalue weighted by Gasteiger charge is 2.30. The molecule has 0 radical (unpaired) electrons. The third-order valence-corrected chi connectivity index (χ3v) is 7.45. The van der Waals surface area contributed by atoms with Crippen molar-refractivity contribution in [1.82, 2.24) is 9.21 Å². The second kappa shape index (κ2) is 9.15. The van der Waals surface area contributed by atoms with Gasteiger partial charge in [-0.2, -0.15) is 4.31 Å². The van der Waals surface area contributed by atoms with E-state index in [0.717, 1.165) is 5.69 Å². The Morgan fingerprint density at radius 3 is 2.52 bits per heavy atom. The molecule has 0 atom stereocenters. The van der Waals surface area contributed by atoms with Gasteiger partial charge in [-0.25, -0.2) is 8.42 Å². The van der Waals surface area contributed by atoms with Gasteiger partial charge >= 0.3 is 0 Å². The molecule has 1 amide bonds. The molecule has 2 aromatic carbocycles. The molecular formula is C21H26ClN3O3S. The highest BCUT2D eigenvalue weighted by molar-refractivity contribution is 7.89. The zero-order valence-electron chi connectivity index (χ0n) is 16.6. The molecule has 0 spiro atoms. The van der Waals surface area contributed by atoms with Crippen molar-refractivity contribution >= 4 is 33.2 Å². The molecule has 1 fully saturated rings. The van der Waals surface area contributed by atoms with Gasteiger partial charge in [-0.15, -0.1) is 0 Å². The minimum atomic E-state index is -3.65. The van der Waals surface area contributed by atoms with Crippen LogP contribution in [0.1, 0.15) is 30.1 Å². The van der Waals surface area contributed by atoms with Gasteiger partial charge in [0.25, 0.3) is 5.91 Å². The Labute approximate surface area is 177 Å². The predicted molar refractivity (Wildman–Crippen MR) is 116 cm³/mol. The number of nitrogens with zero attached hydrogens (tertiary/aromatic N) is 2. The molecule has 1 aliphatic rings. The highest BCUT2D eigenvalue weighted by Crippen LogP contribution is 2.26. The molecule has 156 valence electrons. The molecule has 8 heteroatoms. The van der Waals surface area contributed by atoms with Gasteiger partial charge in [0.05, 0.1) is 15.6 Å². The first-order valence-electron chi connectivity index (χ1n) is 9.69. The first-order valence-corrected chi connectivity index (χ1v) is 11.5. The second-order valence-electron chi connectivity index (χ2n) is 7.15. The van der Waals surface area contributed by atoms with Crippen molar-refractivity contribution < 1.29 is 13.2 Å². The first-order chi connectivity index (χ1) is 13.8. The van der Waals surface area contributed by atoms with Crippen molar-refractivity contribution in [3.8, 4) is 0 Å². The normalized spacial score (nSPS) is 15.8. The van der Waals surface area contributed by atoms with E-state index in [1.54, 1.807) is 30.1 Å². The molecule has 0 bridgehead atoms. The van der Waals surface area contributed by atoms with Crippen LogP contribution in [-0.2, 0) is 10.0 Å². The first kappa shape index (κ1) is 21.6. The van der Waals surface area contributed by atoms with E-state index >= 15 is 0 Å². The van der Waals surface area contributed by atoms with E-state index in [9.17, 15) is 13.2 Å². The monoisotopic (exact) mass is 435 g/mol. The van der Waals surface area contributed by atoms with Crippen LogP contribution in [0, 0.1) is 0 Å². The highest BCUT2D eigenvalue weighted by atomic mass is 35.5. The lowest BCUT2D eigenvalue weighted by Crippen LogP contribution is -2.42. The van der Waals surface area contributed by atoms with Crippen LogP contribution in [0.4, 0.5) is 5.69 Å². The second-order valence-corrected chi connectivity index (χ2v) is 9.49. The Balaban J connectivity index is 1.69. The quantitative estimate of drug-likeness (QED) is 0.751. The molecule has 2 aromatic rings. The van der Waals surface area contributed by atoms with Crippen LogP contribution in [0.15, 0.2) is 53.4 Å². The Morgan fingerprint density at radius 2 is 1.86 bits per heavy atom. The van der Waals surface area contributed by atoms with Crippen LogP contribution >= 0.6 is 11.6 Å². The number of benzene rings is 2. The van der Waals surface area contributed by atoms with E-state index in [0.29, 0.717) is 43.1 Å². The lowest BCUT2D eigenvalue weighted by atomic mass is 10.1. The summed E-state index contributed by atoms with van der Waals surface area (Å²) in [5.74, 6) is -0.188. The summed E-state index contributed by atoms with van der Waals surface area (Å²) < 4.78 is 27.7. The van der Waals surface area contributed by atoms with Crippen LogP contribution in [0.2, 0.25) is 5.02 Å². The Bertz CT molecular complexity index is 973. The third kappa shape index (κ3) is 4.91. The summed E-state index contributed by atoms with van der Waals surface area (Å²) >= 11 is 6.20. The molecule has 3 rings (SSSR count). The Hall–Kier alpha value is -2.09. The van der Waals surface area contributed by atoms with Crippen LogP contribution in [0.5, 0.6) is 0 Å². The zero-order chi connectivity index (χ0) is 21.0. The number of carbonyl (C=O) groups is 1. The fraction of sp³-hybridized carbons (Fsp3) is 0.381. The number of carbonyl (C=O) groups excluding carboxylic acids is 1. The largest absolute Gasteiger partial charge is 0.381 e. The fourth-order valence-corrected chi connectivity index (χ4v) is 5.05. The Kier molecular flexibility index (Phi) is 6.82. The number of piperidine rings is 1. The van der Waals surface area contributed by atoms with Gasteiger partial charge in [0, 0.05) is 38.3 Å². The van der Waals surface area contributed by atoms with Crippen LogP contribution in [-0.4, -0.2) is 56.3 Å². The molecule has 1 aliphatic heterocycles. The molecule has 0 aromatic heterocycles. The summed E-state index contributed by atoms with van der Waals surface area (Å²) in [5, 5.41) is 4.05. The smallest absolute Gasteiger partial charge is 0.253 e. The molecular weight excluding hydrogens is 410 g/mol. The number of anilines is 1. The van der Waals surface area contributed by atoms with Gasteiger partial charge in [-0.05, 0) is 50.1 Å². The number of hydrogen-bond donors (Lipinski definition) is 1. The summed E-state index contributed by atoms with van der Waals surface area (Å²) in [6.07, 6.45) is 1.36. The predicted octanol–water partition coefficient (Wildman–Crippen LogP) is 3.70. The van der Waals surface area contributed by atoms with E-state index in [2.05, 4.69) is 5.32 Å². The van der Waals surface area contributed by atoms with Crippen LogP contribution < -0.4 is 5.32 Å². The van der Waals surface area contributed by atoms with E-state index in [1.165, 1.54) is 10.4 Å². The van der Waals surface area contributed by atoms with Gasteiger partial charge < -0.3 is 10.2 Å². The Morgan fingerprint density at radius 1 is 1.17 bits per heavy atom.